The third-order valence-electron chi connectivity index (χ3n) is 1.61. The van der Waals surface area contributed by atoms with E-state index in [1.54, 1.807) is 30.3 Å². The second-order valence-corrected chi connectivity index (χ2v) is 3.27. The molecule has 80 valence electrons. The number of benzene rings is 1. The number of rotatable bonds is 5. The SMILES string of the molecule is O=C(O)/C=C/CCOc1cccc(Cl)c1. The lowest BCUT2D eigenvalue weighted by molar-refractivity contribution is -0.131. The van der Waals surface area contributed by atoms with Gasteiger partial charge in [0, 0.05) is 11.1 Å². The van der Waals surface area contributed by atoms with E-state index < -0.39 is 5.97 Å². The Kier molecular flexibility index (Phi) is 4.71. The molecule has 0 radical (unpaired) electrons. The Morgan fingerprint density at radius 3 is 3.00 bits per heavy atom. The van der Waals surface area contributed by atoms with E-state index in [0.29, 0.717) is 23.8 Å². The van der Waals surface area contributed by atoms with Crippen LogP contribution >= 0.6 is 11.6 Å². The van der Waals surface area contributed by atoms with Crippen LogP contribution in [0.4, 0.5) is 0 Å². The van der Waals surface area contributed by atoms with Crippen LogP contribution in [-0.2, 0) is 4.79 Å². The van der Waals surface area contributed by atoms with Crippen LogP contribution in [0.3, 0.4) is 0 Å². The highest BCUT2D eigenvalue weighted by Crippen LogP contribution is 2.17. The lowest BCUT2D eigenvalue weighted by Crippen LogP contribution is -1.96. The van der Waals surface area contributed by atoms with Crippen LogP contribution < -0.4 is 4.74 Å². The summed E-state index contributed by atoms with van der Waals surface area (Å²) < 4.78 is 5.34. The molecule has 1 rings (SSSR count). The molecule has 0 aliphatic rings. The highest BCUT2D eigenvalue weighted by Gasteiger charge is 1.93. The number of hydrogen-bond donors (Lipinski definition) is 1. The molecule has 15 heavy (non-hydrogen) atoms. The van der Waals surface area contributed by atoms with Crippen molar-refractivity contribution in [2.24, 2.45) is 0 Å². The smallest absolute Gasteiger partial charge is 0.327 e. The van der Waals surface area contributed by atoms with Crippen molar-refractivity contribution in [3.63, 3.8) is 0 Å². The van der Waals surface area contributed by atoms with Crippen molar-refractivity contribution in [1.82, 2.24) is 0 Å². The van der Waals surface area contributed by atoms with Gasteiger partial charge in [-0.25, -0.2) is 4.79 Å². The quantitative estimate of drug-likeness (QED) is 0.620. The minimum atomic E-state index is -0.947. The van der Waals surface area contributed by atoms with Crippen LogP contribution in [0.1, 0.15) is 6.42 Å². The maximum atomic E-state index is 10.1. The summed E-state index contributed by atoms with van der Waals surface area (Å²) in [5.74, 6) is -0.260. The van der Waals surface area contributed by atoms with E-state index in [0.717, 1.165) is 6.08 Å². The predicted molar refractivity (Wildman–Crippen MR) is 58.3 cm³/mol. The lowest BCUT2D eigenvalue weighted by Gasteiger charge is -2.03. The van der Waals surface area contributed by atoms with Crippen molar-refractivity contribution in [2.45, 2.75) is 6.42 Å². The summed E-state index contributed by atoms with van der Waals surface area (Å²) >= 11 is 5.75. The van der Waals surface area contributed by atoms with E-state index >= 15 is 0 Å². The first-order valence-corrected chi connectivity index (χ1v) is 4.84. The van der Waals surface area contributed by atoms with E-state index in [1.165, 1.54) is 0 Å². The number of carbonyl (C=O) groups is 1. The second-order valence-electron chi connectivity index (χ2n) is 2.84. The molecule has 0 unspecified atom stereocenters. The Hall–Kier alpha value is -1.48. The van der Waals surface area contributed by atoms with Crippen LogP contribution in [0.5, 0.6) is 5.75 Å². The molecule has 0 saturated heterocycles. The Bertz CT molecular complexity index is 361. The molecule has 0 atom stereocenters. The zero-order chi connectivity index (χ0) is 11.1. The first-order chi connectivity index (χ1) is 7.18. The van der Waals surface area contributed by atoms with Crippen LogP contribution in [-0.4, -0.2) is 17.7 Å². The molecule has 1 N–H and O–H groups in total. The van der Waals surface area contributed by atoms with Crippen molar-refractivity contribution in [2.75, 3.05) is 6.61 Å². The molecule has 1 aromatic carbocycles. The molecule has 3 nitrogen and oxygen atoms in total. The van der Waals surface area contributed by atoms with Gasteiger partial charge in [0.25, 0.3) is 0 Å². The monoisotopic (exact) mass is 226 g/mol. The summed E-state index contributed by atoms with van der Waals surface area (Å²) in [4.78, 5) is 10.1. The summed E-state index contributed by atoms with van der Waals surface area (Å²) in [7, 11) is 0. The van der Waals surface area contributed by atoms with Gasteiger partial charge in [0.2, 0.25) is 0 Å². The van der Waals surface area contributed by atoms with E-state index in [-0.39, 0.29) is 0 Å². The van der Waals surface area contributed by atoms with E-state index in [2.05, 4.69) is 0 Å². The molecule has 0 heterocycles. The Labute approximate surface area is 92.9 Å². The molecule has 0 amide bonds. The number of ether oxygens (including phenoxy) is 1. The molecule has 4 heteroatoms. The number of carboxylic acid groups (broad SMARTS) is 1. The van der Waals surface area contributed by atoms with Crippen LogP contribution in [0.25, 0.3) is 0 Å². The number of hydrogen-bond acceptors (Lipinski definition) is 2. The van der Waals surface area contributed by atoms with Crippen LogP contribution in [0.2, 0.25) is 5.02 Å². The van der Waals surface area contributed by atoms with Crippen molar-refractivity contribution in [3.8, 4) is 5.75 Å². The molecular weight excluding hydrogens is 216 g/mol. The third-order valence-corrected chi connectivity index (χ3v) is 1.84. The number of carboxylic acids is 1. The Morgan fingerprint density at radius 2 is 2.33 bits per heavy atom. The maximum Gasteiger partial charge on any atom is 0.327 e. The molecule has 0 saturated carbocycles. The standard InChI is InChI=1S/C11H11ClO3/c12-9-4-3-5-10(8-9)15-7-2-1-6-11(13)14/h1,3-6,8H,2,7H2,(H,13,14)/b6-1+. The van der Waals surface area contributed by atoms with E-state index in [4.69, 9.17) is 21.4 Å². The van der Waals surface area contributed by atoms with E-state index in [1.807, 2.05) is 0 Å². The van der Waals surface area contributed by atoms with Gasteiger partial charge in [0.05, 0.1) is 6.61 Å². The minimum absolute atomic E-state index is 0.435. The van der Waals surface area contributed by atoms with Gasteiger partial charge in [-0.3, -0.25) is 0 Å². The van der Waals surface area contributed by atoms with Gasteiger partial charge in [-0.2, -0.15) is 0 Å². The average molecular weight is 227 g/mol. The Balaban J connectivity index is 2.29. The third kappa shape index (κ3) is 5.08. The van der Waals surface area contributed by atoms with Gasteiger partial charge in [-0.15, -0.1) is 0 Å². The largest absolute Gasteiger partial charge is 0.493 e. The van der Waals surface area contributed by atoms with Gasteiger partial charge in [0.1, 0.15) is 5.75 Å². The molecule has 0 fully saturated rings. The van der Waals surface area contributed by atoms with Gasteiger partial charge in [-0.05, 0) is 24.6 Å². The first-order valence-electron chi connectivity index (χ1n) is 4.46. The molecule has 0 aromatic heterocycles. The maximum absolute atomic E-state index is 10.1. The molecular formula is C11H11ClO3. The summed E-state index contributed by atoms with van der Waals surface area (Å²) in [6.45, 7) is 0.435. The summed E-state index contributed by atoms with van der Waals surface area (Å²) in [5.41, 5.74) is 0. The number of halogens is 1. The fraction of sp³-hybridized carbons (Fsp3) is 0.182. The average Bonchev–Trinajstić information content (AvgIpc) is 2.17. The van der Waals surface area contributed by atoms with Crippen molar-refractivity contribution >= 4 is 17.6 Å². The van der Waals surface area contributed by atoms with Gasteiger partial charge >= 0.3 is 5.97 Å². The molecule has 1 aromatic rings. The van der Waals surface area contributed by atoms with Gasteiger partial charge in [0.15, 0.2) is 0 Å². The zero-order valence-electron chi connectivity index (χ0n) is 8.02. The van der Waals surface area contributed by atoms with E-state index in [9.17, 15) is 4.79 Å². The first kappa shape index (κ1) is 11.6. The minimum Gasteiger partial charge on any atom is -0.493 e. The molecule has 0 bridgehead atoms. The van der Waals surface area contributed by atoms with Crippen molar-refractivity contribution in [3.05, 3.63) is 41.4 Å². The summed E-state index contributed by atoms with van der Waals surface area (Å²) in [5, 5.41) is 8.94. The summed E-state index contributed by atoms with van der Waals surface area (Å²) in [6.07, 6.45) is 3.20. The van der Waals surface area contributed by atoms with Crippen molar-refractivity contribution in [1.29, 1.82) is 0 Å². The normalized spacial score (nSPS) is 10.5. The van der Waals surface area contributed by atoms with Crippen LogP contribution in [0.15, 0.2) is 36.4 Å². The molecule has 0 aliphatic heterocycles. The van der Waals surface area contributed by atoms with Crippen molar-refractivity contribution < 1.29 is 14.6 Å². The highest BCUT2D eigenvalue weighted by atomic mass is 35.5. The number of aliphatic carboxylic acids is 1. The fourth-order valence-corrected chi connectivity index (χ4v) is 1.17. The highest BCUT2D eigenvalue weighted by molar-refractivity contribution is 6.30. The lowest BCUT2D eigenvalue weighted by atomic mass is 10.3. The van der Waals surface area contributed by atoms with Crippen LogP contribution in [0, 0.1) is 0 Å². The predicted octanol–water partition coefficient (Wildman–Crippen LogP) is 2.75. The molecule has 0 spiro atoms. The molecule has 0 aliphatic carbocycles. The van der Waals surface area contributed by atoms with Gasteiger partial charge < -0.3 is 9.84 Å². The summed E-state index contributed by atoms with van der Waals surface area (Å²) in [6, 6.07) is 7.07. The second kappa shape index (κ2) is 6.09. The zero-order valence-corrected chi connectivity index (χ0v) is 8.78. The van der Waals surface area contributed by atoms with Gasteiger partial charge in [-0.1, -0.05) is 23.7 Å². The fourth-order valence-electron chi connectivity index (χ4n) is 0.986. The Morgan fingerprint density at radius 1 is 1.53 bits per heavy atom. The topological polar surface area (TPSA) is 46.5 Å².